The summed E-state index contributed by atoms with van der Waals surface area (Å²) in [5, 5.41) is 47.4. The second-order valence-corrected chi connectivity index (χ2v) is 9.81. The largest absolute Gasteiger partial charge is 0.508 e. The van der Waals surface area contributed by atoms with Gasteiger partial charge in [-0.25, -0.2) is 9.97 Å². The summed E-state index contributed by atoms with van der Waals surface area (Å²) in [7, 11) is 0. The van der Waals surface area contributed by atoms with Gasteiger partial charge in [0.2, 0.25) is 5.95 Å². The number of hydrogen-bond donors (Lipinski definition) is 6. The van der Waals surface area contributed by atoms with E-state index in [9.17, 15) is 20.4 Å². The minimum atomic E-state index is -1.05. The van der Waals surface area contributed by atoms with Crippen LogP contribution in [0.1, 0.15) is 17.7 Å². The molecule has 6 N–H and O–H groups in total. The predicted octanol–water partition coefficient (Wildman–Crippen LogP) is 2.89. The van der Waals surface area contributed by atoms with Crippen molar-refractivity contribution in [3.05, 3.63) is 59.8 Å². The molecule has 0 bridgehead atoms. The van der Waals surface area contributed by atoms with Gasteiger partial charge in [-0.05, 0) is 43.2 Å². The van der Waals surface area contributed by atoms with E-state index in [4.69, 9.17) is 9.97 Å². The van der Waals surface area contributed by atoms with Crippen LogP contribution in [0.3, 0.4) is 0 Å². The molecule has 2 aromatic carbocycles. The lowest BCUT2D eigenvalue weighted by atomic mass is 10.1. The van der Waals surface area contributed by atoms with E-state index in [0.717, 1.165) is 26.4 Å². The number of fused-ring (bicyclic) bond motifs is 1. The number of nitrogens with one attached hydrogen (secondary N) is 2. The Kier molecular flexibility index (Phi) is 6.52. The zero-order chi connectivity index (χ0) is 24.5. The lowest BCUT2D eigenvalue weighted by molar-refractivity contribution is 0.00446. The Morgan fingerprint density at radius 1 is 1.03 bits per heavy atom. The van der Waals surface area contributed by atoms with Crippen LogP contribution in [0.25, 0.3) is 20.8 Å². The van der Waals surface area contributed by atoms with Crippen LogP contribution < -0.4 is 10.6 Å². The summed E-state index contributed by atoms with van der Waals surface area (Å²) in [6, 6.07) is 14.3. The lowest BCUT2D eigenvalue weighted by Crippen LogP contribution is -2.35. The third-order valence-electron chi connectivity index (χ3n) is 6.32. The molecule has 1 fully saturated rings. The molecule has 0 radical (unpaired) electrons. The van der Waals surface area contributed by atoms with Gasteiger partial charge >= 0.3 is 0 Å². The van der Waals surface area contributed by atoms with E-state index in [1.54, 1.807) is 18.2 Å². The first kappa shape index (κ1) is 23.4. The average molecular weight is 494 g/mol. The topological polar surface area (TPSA) is 144 Å². The maximum atomic E-state index is 10.6. The summed E-state index contributed by atoms with van der Waals surface area (Å²) >= 11 is 1.53. The highest BCUT2D eigenvalue weighted by molar-refractivity contribution is 7.21. The van der Waals surface area contributed by atoms with Crippen LogP contribution in [0.2, 0.25) is 0 Å². The fourth-order valence-corrected chi connectivity index (χ4v) is 5.53. The molecule has 0 spiro atoms. The number of hydrogen-bond acceptors (Lipinski definition) is 10. The highest BCUT2D eigenvalue weighted by atomic mass is 32.1. The first-order valence-electron chi connectivity index (χ1n) is 11.4. The van der Waals surface area contributed by atoms with Crippen LogP contribution in [0, 0.1) is 12.8 Å². The molecule has 9 nitrogen and oxygen atoms in total. The third-order valence-corrected chi connectivity index (χ3v) is 7.37. The van der Waals surface area contributed by atoms with Crippen LogP contribution in [0.4, 0.5) is 11.8 Å². The predicted molar refractivity (Wildman–Crippen MR) is 135 cm³/mol. The van der Waals surface area contributed by atoms with Crippen molar-refractivity contribution in [1.82, 2.24) is 15.0 Å². The number of aromatic nitrogens is 3. The Balaban J connectivity index is 1.51. The molecule has 4 atom stereocenters. The molecule has 1 saturated carbocycles. The second-order valence-electron chi connectivity index (χ2n) is 8.78. The van der Waals surface area contributed by atoms with E-state index in [-0.39, 0.29) is 12.4 Å². The maximum Gasteiger partial charge on any atom is 0.225 e. The van der Waals surface area contributed by atoms with E-state index in [1.807, 2.05) is 37.3 Å². The van der Waals surface area contributed by atoms with Crippen molar-refractivity contribution in [1.29, 1.82) is 0 Å². The molecular formula is C25H27N5O4S. The number of aliphatic hydroxyl groups is 3. The number of aryl methyl sites for hydroxylation is 1. The van der Waals surface area contributed by atoms with Gasteiger partial charge in [0.05, 0.1) is 33.6 Å². The summed E-state index contributed by atoms with van der Waals surface area (Å²) in [5.41, 5.74) is 3.17. The normalized spacial score (nSPS) is 21.9. The Morgan fingerprint density at radius 3 is 2.60 bits per heavy atom. The monoisotopic (exact) mass is 493 g/mol. The van der Waals surface area contributed by atoms with Gasteiger partial charge in [-0.15, -0.1) is 11.3 Å². The first-order valence-corrected chi connectivity index (χ1v) is 12.2. The first-order chi connectivity index (χ1) is 16.9. The molecule has 0 unspecified atom stereocenters. The number of rotatable bonds is 7. The number of anilines is 2. The number of phenols is 1. The summed E-state index contributed by atoms with van der Waals surface area (Å²) in [5.74, 6) is 0.636. The van der Waals surface area contributed by atoms with Gasteiger partial charge in [0.25, 0.3) is 0 Å². The molecule has 4 aromatic rings. The Hall–Kier alpha value is -3.31. The maximum absolute atomic E-state index is 10.6. The van der Waals surface area contributed by atoms with Crippen LogP contribution in [-0.2, 0) is 6.54 Å². The van der Waals surface area contributed by atoms with Crippen LogP contribution >= 0.6 is 11.3 Å². The molecule has 1 aliphatic rings. The van der Waals surface area contributed by atoms with E-state index >= 15 is 0 Å². The molecule has 0 saturated heterocycles. The van der Waals surface area contributed by atoms with Crippen molar-refractivity contribution in [3.8, 4) is 16.3 Å². The van der Waals surface area contributed by atoms with Gasteiger partial charge in [0, 0.05) is 19.1 Å². The average Bonchev–Trinajstić information content (AvgIpc) is 3.38. The molecule has 0 amide bonds. The number of nitrogens with zero attached hydrogens (tertiary/aromatic N) is 3. The number of aromatic hydroxyl groups is 1. The van der Waals surface area contributed by atoms with Gasteiger partial charge in [-0.2, -0.15) is 4.98 Å². The number of aliphatic hydroxyl groups excluding tert-OH is 3. The van der Waals surface area contributed by atoms with Gasteiger partial charge < -0.3 is 31.1 Å². The molecule has 2 aromatic heterocycles. The molecule has 5 rings (SSSR count). The van der Waals surface area contributed by atoms with Crippen molar-refractivity contribution >= 4 is 33.3 Å². The quantitative estimate of drug-likeness (QED) is 0.229. The van der Waals surface area contributed by atoms with Crippen molar-refractivity contribution < 1.29 is 20.4 Å². The molecule has 0 aliphatic heterocycles. The highest BCUT2D eigenvalue weighted by Gasteiger charge is 2.41. The number of thiazole rings is 1. The minimum Gasteiger partial charge on any atom is -0.508 e. The smallest absolute Gasteiger partial charge is 0.225 e. The molecular weight excluding hydrogens is 466 g/mol. The Bertz CT molecular complexity index is 1310. The van der Waals surface area contributed by atoms with Crippen molar-refractivity contribution in [2.75, 3.05) is 17.2 Å². The zero-order valence-corrected chi connectivity index (χ0v) is 19.9. The number of phenolic OH excluding ortho intramolecular Hbond substituents is 1. The van der Waals surface area contributed by atoms with Gasteiger partial charge in [0.15, 0.2) is 0 Å². The van der Waals surface area contributed by atoms with E-state index in [1.165, 1.54) is 11.3 Å². The molecule has 182 valence electrons. The molecule has 2 heterocycles. The summed E-state index contributed by atoms with van der Waals surface area (Å²) in [6.07, 6.45) is -1.67. The van der Waals surface area contributed by atoms with Gasteiger partial charge in [0.1, 0.15) is 22.7 Å². The Labute approximate surface area is 206 Å². The number of benzene rings is 2. The van der Waals surface area contributed by atoms with Gasteiger partial charge in [-0.1, -0.05) is 24.3 Å². The van der Waals surface area contributed by atoms with E-state index < -0.39 is 24.2 Å². The lowest BCUT2D eigenvalue weighted by Gasteiger charge is -2.21. The fraction of sp³-hybridized carbons (Fsp3) is 0.320. The van der Waals surface area contributed by atoms with Crippen LogP contribution in [-0.4, -0.2) is 60.2 Å². The standard InChI is InChI=1S/C25H27N5O4S/c1-13-20(24-29-17-7-2-3-8-19(17)35-24)23(28-18-10-15(12-31)21(33)22(18)34)30-25(27-13)26-11-14-5-4-6-16(32)9-14/h2-9,15,18,21-22,31-34H,10-12H2,1H3,(H2,26,27,28,30)/t15-,18-,21-,22+/m1/s1. The number of para-hydroxylation sites is 1. The minimum absolute atomic E-state index is 0.183. The van der Waals surface area contributed by atoms with Crippen LogP contribution in [0.15, 0.2) is 48.5 Å². The molecule has 35 heavy (non-hydrogen) atoms. The zero-order valence-electron chi connectivity index (χ0n) is 19.1. The van der Waals surface area contributed by atoms with Crippen molar-refractivity contribution in [2.24, 2.45) is 5.92 Å². The van der Waals surface area contributed by atoms with Crippen molar-refractivity contribution in [3.63, 3.8) is 0 Å². The fourth-order valence-electron chi connectivity index (χ4n) is 4.46. The molecule has 1 aliphatic carbocycles. The van der Waals surface area contributed by atoms with Crippen LogP contribution in [0.5, 0.6) is 5.75 Å². The third kappa shape index (κ3) is 4.78. The Morgan fingerprint density at radius 2 is 1.86 bits per heavy atom. The summed E-state index contributed by atoms with van der Waals surface area (Å²) < 4.78 is 1.04. The molecule has 10 heteroatoms. The SMILES string of the molecule is Cc1nc(NCc2cccc(O)c2)nc(N[C@@H]2C[C@H](CO)[C@@H](O)[C@H]2O)c1-c1nc2ccccc2s1. The summed E-state index contributed by atoms with van der Waals surface area (Å²) in [4.78, 5) is 14.1. The summed E-state index contributed by atoms with van der Waals surface area (Å²) in [6.45, 7) is 2.08. The van der Waals surface area contributed by atoms with Gasteiger partial charge in [-0.3, -0.25) is 0 Å². The van der Waals surface area contributed by atoms with E-state index in [2.05, 4.69) is 15.6 Å². The second kappa shape index (κ2) is 9.74. The van der Waals surface area contributed by atoms with Crippen molar-refractivity contribution in [2.45, 2.75) is 38.1 Å². The van der Waals surface area contributed by atoms with E-state index in [0.29, 0.717) is 30.4 Å². The highest BCUT2D eigenvalue weighted by Crippen LogP contribution is 2.38.